The molecule has 0 unspecified atom stereocenters. The molecule has 0 aromatic heterocycles. The van der Waals surface area contributed by atoms with Crippen molar-refractivity contribution in [2.24, 2.45) is 5.41 Å². The van der Waals surface area contributed by atoms with Gasteiger partial charge in [-0.05, 0) is 54.4 Å². The van der Waals surface area contributed by atoms with Gasteiger partial charge in [0.15, 0.2) is 0 Å². The van der Waals surface area contributed by atoms with Gasteiger partial charge < -0.3 is 10.2 Å². The summed E-state index contributed by atoms with van der Waals surface area (Å²) in [6.07, 6.45) is 6.09. The number of carbonyl (C=O) groups excluding carboxylic acids is 2. The number of amides is 2. The van der Waals surface area contributed by atoms with Crippen LogP contribution in [0.15, 0.2) is 54.6 Å². The molecule has 3 aliphatic rings. The van der Waals surface area contributed by atoms with Crippen molar-refractivity contribution in [3.8, 4) is 0 Å². The number of piperidine rings is 2. The Morgan fingerprint density at radius 2 is 1.59 bits per heavy atom. The number of likely N-dealkylation sites (tertiary alicyclic amines) is 1. The molecule has 1 spiro atoms. The van der Waals surface area contributed by atoms with Gasteiger partial charge in [0.1, 0.15) is 5.82 Å². The second-order valence-corrected chi connectivity index (χ2v) is 9.89. The first-order valence-corrected chi connectivity index (χ1v) is 11.9. The Labute approximate surface area is 189 Å². The smallest absolute Gasteiger partial charge is 0.233 e. The van der Waals surface area contributed by atoms with Gasteiger partial charge in [0.05, 0.1) is 5.41 Å². The van der Waals surface area contributed by atoms with Gasteiger partial charge in [-0.3, -0.25) is 9.59 Å². The fourth-order valence-electron chi connectivity index (χ4n) is 6.45. The van der Waals surface area contributed by atoms with Gasteiger partial charge in [0, 0.05) is 32.0 Å². The zero-order chi connectivity index (χ0) is 22.2. The van der Waals surface area contributed by atoms with Gasteiger partial charge >= 0.3 is 0 Å². The number of hydrogen-bond acceptors (Lipinski definition) is 2. The van der Waals surface area contributed by atoms with E-state index < -0.39 is 5.41 Å². The average molecular weight is 435 g/mol. The number of nitrogens with zero attached hydrogens (tertiary/aromatic N) is 1. The van der Waals surface area contributed by atoms with Gasteiger partial charge in [0.25, 0.3) is 0 Å². The summed E-state index contributed by atoms with van der Waals surface area (Å²) in [5.41, 5.74) is 1.64. The molecule has 168 valence electrons. The van der Waals surface area contributed by atoms with E-state index in [0.717, 1.165) is 49.7 Å². The van der Waals surface area contributed by atoms with Gasteiger partial charge in [-0.25, -0.2) is 4.39 Å². The van der Waals surface area contributed by atoms with Crippen LogP contribution in [0.1, 0.15) is 62.0 Å². The largest absolute Gasteiger partial charge is 0.355 e. The van der Waals surface area contributed by atoms with Crippen LogP contribution in [0.25, 0.3) is 0 Å². The predicted molar refractivity (Wildman–Crippen MR) is 122 cm³/mol. The highest BCUT2D eigenvalue weighted by atomic mass is 19.1. The van der Waals surface area contributed by atoms with Gasteiger partial charge in [-0.1, -0.05) is 55.3 Å². The lowest BCUT2D eigenvalue weighted by atomic mass is 9.62. The topological polar surface area (TPSA) is 49.4 Å². The molecular formula is C27H31FN2O2. The van der Waals surface area contributed by atoms with Gasteiger partial charge in [-0.15, -0.1) is 0 Å². The van der Waals surface area contributed by atoms with Crippen LogP contribution in [0.4, 0.5) is 4.39 Å². The van der Waals surface area contributed by atoms with Crippen LogP contribution in [-0.2, 0) is 15.0 Å². The third-order valence-electron chi connectivity index (χ3n) is 8.27. The van der Waals surface area contributed by atoms with Crippen LogP contribution >= 0.6 is 0 Å². The lowest BCUT2D eigenvalue weighted by molar-refractivity contribution is -0.141. The Bertz CT molecular complexity index is 974. The molecule has 2 aromatic rings. The minimum absolute atomic E-state index is 0.0830. The zero-order valence-electron chi connectivity index (χ0n) is 18.5. The summed E-state index contributed by atoms with van der Waals surface area (Å²) in [5, 5.41) is 3.01. The van der Waals surface area contributed by atoms with Gasteiger partial charge in [0.2, 0.25) is 11.8 Å². The average Bonchev–Trinajstić information content (AvgIpc) is 3.32. The van der Waals surface area contributed by atoms with E-state index in [1.54, 1.807) is 0 Å². The normalized spacial score (nSPS) is 24.3. The highest BCUT2D eigenvalue weighted by molar-refractivity contribution is 5.89. The van der Waals surface area contributed by atoms with Crippen molar-refractivity contribution in [2.75, 3.05) is 19.6 Å². The Morgan fingerprint density at radius 3 is 2.25 bits per heavy atom. The van der Waals surface area contributed by atoms with E-state index in [0.29, 0.717) is 26.1 Å². The van der Waals surface area contributed by atoms with Crippen molar-refractivity contribution in [3.63, 3.8) is 0 Å². The van der Waals surface area contributed by atoms with Crippen LogP contribution in [-0.4, -0.2) is 36.3 Å². The van der Waals surface area contributed by atoms with E-state index in [4.69, 9.17) is 0 Å². The molecule has 1 N–H and O–H groups in total. The number of rotatable bonds is 3. The lowest BCUT2D eigenvalue weighted by Crippen LogP contribution is -2.55. The molecular weight excluding hydrogens is 403 g/mol. The lowest BCUT2D eigenvalue weighted by Gasteiger charge is -2.50. The van der Waals surface area contributed by atoms with Crippen LogP contribution in [0, 0.1) is 11.2 Å². The fourth-order valence-corrected chi connectivity index (χ4v) is 6.45. The maximum absolute atomic E-state index is 13.9. The maximum Gasteiger partial charge on any atom is 0.233 e. The summed E-state index contributed by atoms with van der Waals surface area (Å²) >= 11 is 0. The Hall–Kier alpha value is -2.69. The molecule has 1 atom stereocenters. The summed E-state index contributed by atoms with van der Waals surface area (Å²) < 4.78 is 13.5. The molecule has 32 heavy (non-hydrogen) atoms. The molecule has 5 heteroatoms. The second kappa shape index (κ2) is 8.34. The first-order valence-electron chi connectivity index (χ1n) is 11.9. The molecule has 2 heterocycles. The maximum atomic E-state index is 13.9. The SMILES string of the molecule is O=C1CC2(CCN(C(=O)C3(c4ccccc4)CCCC3)CC2)[C@@H](c2ccc(F)cc2)CN1. The van der Waals surface area contributed by atoms with E-state index in [2.05, 4.69) is 22.3 Å². The quantitative estimate of drug-likeness (QED) is 0.771. The molecule has 3 fully saturated rings. The summed E-state index contributed by atoms with van der Waals surface area (Å²) in [7, 11) is 0. The number of carbonyl (C=O) groups is 2. The number of nitrogens with one attached hydrogen (secondary N) is 1. The third-order valence-corrected chi connectivity index (χ3v) is 8.27. The number of benzene rings is 2. The highest BCUT2D eigenvalue weighted by Crippen LogP contribution is 2.50. The Kier molecular flexibility index (Phi) is 5.52. The van der Waals surface area contributed by atoms with Crippen LogP contribution in [0.3, 0.4) is 0 Å². The van der Waals surface area contributed by atoms with Crippen LogP contribution in [0.2, 0.25) is 0 Å². The second-order valence-electron chi connectivity index (χ2n) is 9.89. The standard InChI is InChI=1S/C27H31FN2O2/c28-22-10-8-20(9-11-22)23-19-29-24(31)18-26(23)14-16-30(17-15-26)25(32)27(12-4-5-13-27)21-6-2-1-3-7-21/h1-3,6-11,23H,4-5,12-19H2,(H,29,31)/t23-/m1/s1. The Balaban J connectivity index is 1.37. The molecule has 1 aliphatic carbocycles. The molecule has 2 amide bonds. The first-order chi connectivity index (χ1) is 15.5. The van der Waals surface area contributed by atoms with Crippen molar-refractivity contribution >= 4 is 11.8 Å². The van der Waals surface area contributed by atoms with Crippen LogP contribution < -0.4 is 5.32 Å². The first kappa shape index (κ1) is 21.2. The van der Waals surface area contributed by atoms with Crippen molar-refractivity contribution in [1.82, 2.24) is 10.2 Å². The molecule has 0 radical (unpaired) electrons. The molecule has 2 aliphatic heterocycles. The van der Waals surface area contributed by atoms with Crippen molar-refractivity contribution in [2.45, 2.75) is 56.3 Å². The molecule has 0 bridgehead atoms. The van der Waals surface area contributed by atoms with E-state index in [-0.39, 0.29) is 29.0 Å². The minimum Gasteiger partial charge on any atom is -0.355 e. The fraction of sp³-hybridized carbons (Fsp3) is 0.481. The van der Waals surface area contributed by atoms with E-state index in [1.165, 1.54) is 12.1 Å². The van der Waals surface area contributed by atoms with Crippen molar-refractivity contribution < 1.29 is 14.0 Å². The van der Waals surface area contributed by atoms with Crippen molar-refractivity contribution in [1.29, 1.82) is 0 Å². The van der Waals surface area contributed by atoms with E-state index >= 15 is 0 Å². The molecule has 1 saturated carbocycles. The summed E-state index contributed by atoms with van der Waals surface area (Å²) in [5.74, 6) is 0.243. The van der Waals surface area contributed by atoms with Gasteiger partial charge in [-0.2, -0.15) is 0 Å². The number of hydrogen-bond donors (Lipinski definition) is 1. The molecule has 4 nitrogen and oxygen atoms in total. The molecule has 2 saturated heterocycles. The summed E-state index contributed by atoms with van der Waals surface area (Å²) in [6.45, 7) is 1.93. The van der Waals surface area contributed by atoms with Crippen molar-refractivity contribution in [3.05, 3.63) is 71.5 Å². The molecule has 2 aromatic carbocycles. The number of halogens is 1. The summed E-state index contributed by atoms with van der Waals surface area (Å²) in [6, 6.07) is 17.0. The highest BCUT2D eigenvalue weighted by Gasteiger charge is 2.50. The Morgan fingerprint density at radius 1 is 0.938 bits per heavy atom. The van der Waals surface area contributed by atoms with E-state index in [1.807, 2.05) is 30.3 Å². The van der Waals surface area contributed by atoms with E-state index in [9.17, 15) is 14.0 Å². The third kappa shape index (κ3) is 3.62. The van der Waals surface area contributed by atoms with Crippen LogP contribution in [0.5, 0.6) is 0 Å². The zero-order valence-corrected chi connectivity index (χ0v) is 18.5. The minimum atomic E-state index is -0.397. The predicted octanol–water partition coefficient (Wildman–Crippen LogP) is 4.55. The molecule has 5 rings (SSSR count). The monoisotopic (exact) mass is 434 g/mol. The summed E-state index contributed by atoms with van der Waals surface area (Å²) in [4.78, 5) is 28.3.